The molecular formula is C24H19ClN2O5S. The number of halogens is 1. The quantitative estimate of drug-likeness (QED) is 0.261. The molecule has 3 aromatic rings. The van der Waals surface area contributed by atoms with E-state index in [1.54, 1.807) is 42.6 Å². The second kappa shape index (κ2) is 10.7. The van der Waals surface area contributed by atoms with E-state index in [0.717, 1.165) is 16.9 Å². The van der Waals surface area contributed by atoms with Crippen molar-refractivity contribution in [2.45, 2.75) is 6.92 Å². The van der Waals surface area contributed by atoms with Crippen molar-refractivity contribution in [3.05, 3.63) is 69.6 Å². The van der Waals surface area contributed by atoms with E-state index in [9.17, 15) is 20.0 Å². The minimum atomic E-state index is -0.741. The van der Waals surface area contributed by atoms with Crippen LogP contribution in [-0.4, -0.2) is 30.7 Å². The molecule has 0 spiro atoms. The Hall–Kier alpha value is -3.80. The highest BCUT2D eigenvalue weighted by molar-refractivity contribution is 7.15. The molecule has 1 aromatic heterocycles. The monoisotopic (exact) mass is 482 g/mol. The number of nitriles is 1. The van der Waals surface area contributed by atoms with Gasteiger partial charge in [-0.05, 0) is 48.9 Å². The van der Waals surface area contributed by atoms with E-state index in [-0.39, 0.29) is 34.1 Å². The molecule has 0 aliphatic rings. The Kier molecular flexibility index (Phi) is 7.72. The predicted molar refractivity (Wildman–Crippen MR) is 128 cm³/mol. The number of esters is 1. The van der Waals surface area contributed by atoms with Gasteiger partial charge in [0, 0.05) is 21.5 Å². The first-order valence-corrected chi connectivity index (χ1v) is 11.0. The second-order valence-electron chi connectivity index (χ2n) is 6.63. The first-order chi connectivity index (χ1) is 15.9. The van der Waals surface area contributed by atoms with E-state index in [1.165, 1.54) is 25.3 Å². The normalized spacial score (nSPS) is 10.9. The number of phenolic OH excluding ortho intramolecular Hbond substituents is 1. The highest BCUT2D eigenvalue weighted by Gasteiger charge is 2.24. The van der Waals surface area contributed by atoms with Gasteiger partial charge in [-0.3, -0.25) is 4.79 Å². The number of nitrogens with one attached hydrogen (secondary N) is 1. The Balaban J connectivity index is 1.98. The number of methoxy groups -OCH3 is 1. The van der Waals surface area contributed by atoms with Gasteiger partial charge in [-0.15, -0.1) is 11.3 Å². The topological polar surface area (TPSA) is 109 Å². The molecule has 33 heavy (non-hydrogen) atoms. The average Bonchev–Trinajstić information content (AvgIpc) is 3.22. The fraction of sp³-hybridized carbons (Fsp3) is 0.125. The third kappa shape index (κ3) is 5.52. The van der Waals surface area contributed by atoms with Gasteiger partial charge in [0.1, 0.15) is 33.7 Å². The minimum Gasteiger partial charge on any atom is -0.507 e. The summed E-state index contributed by atoms with van der Waals surface area (Å²) in [5.74, 6) is -1.02. The number of aromatic hydroxyl groups is 1. The van der Waals surface area contributed by atoms with Crippen LogP contribution in [0.3, 0.4) is 0 Å². The Morgan fingerprint density at radius 2 is 1.97 bits per heavy atom. The zero-order valence-corrected chi connectivity index (χ0v) is 19.3. The van der Waals surface area contributed by atoms with Gasteiger partial charge in [0.25, 0.3) is 5.91 Å². The highest BCUT2D eigenvalue weighted by atomic mass is 35.5. The van der Waals surface area contributed by atoms with Crippen LogP contribution in [0, 0.1) is 11.3 Å². The lowest BCUT2D eigenvalue weighted by Crippen LogP contribution is -2.16. The highest BCUT2D eigenvalue weighted by Crippen LogP contribution is 2.37. The fourth-order valence-corrected chi connectivity index (χ4v) is 4.03. The van der Waals surface area contributed by atoms with Crippen molar-refractivity contribution < 1.29 is 24.2 Å². The van der Waals surface area contributed by atoms with Crippen molar-refractivity contribution in [1.29, 1.82) is 5.26 Å². The summed E-state index contributed by atoms with van der Waals surface area (Å²) in [5, 5.41) is 24.7. The smallest absolute Gasteiger partial charge is 0.341 e. The number of phenols is 1. The number of hydrogen-bond acceptors (Lipinski definition) is 7. The molecule has 0 saturated heterocycles. The van der Waals surface area contributed by atoms with Gasteiger partial charge in [0.2, 0.25) is 0 Å². The van der Waals surface area contributed by atoms with Gasteiger partial charge in [-0.2, -0.15) is 5.26 Å². The fourth-order valence-electron chi connectivity index (χ4n) is 2.95. The van der Waals surface area contributed by atoms with E-state index < -0.39 is 11.9 Å². The number of carbonyl (C=O) groups is 2. The third-order valence-corrected chi connectivity index (χ3v) is 5.70. The number of benzene rings is 2. The van der Waals surface area contributed by atoms with E-state index in [4.69, 9.17) is 21.1 Å². The lowest BCUT2D eigenvalue weighted by atomic mass is 10.0. The lowest BCUT2D eigenvalue weighted by molar-refractivity contribution is -0.112. The molecule has 168 valence electrons. The molecule has 2 aromatic carbocycles. The number of thiophene rings is 1. The van der Waals surface area contributed by atoms with Gasteiger partial charge in [0.05, 0.1) is 13.7 Å². The summed E-state index contributed by atoms with van der Waals surface area (Å²) in [6.07, 6.45) is 1.24. The maximum absolute atomic E-state index is 12.9. The molecule has 1 amide bonds. The summed E-state index contributed by atoms with van der Waals surface area (Å²) in [5.41, 5.74) is 1.43. The van der Waals surface area contributed by atoms with Gasteiger partial charge < -0.3 is 19.9 Å². The van der Waals surface area contributed by atoms with Gasteiger partial charge in [-0.1, -0.05) is 23.7 Å². The number of carbonyl (C=O) groups excluding carboxylic acids is 2. The second-order valence-corrected chi connectivity index (χ2v) is 7.95. The zero-order valence-electron chi connectivity index (χ0n) is 17.7. The van der Waals surface area contributed by atoms with Crippen molar-refractivity contribution in [2.75, 3.05) is 19.0 Å². The Morgan fingerprint density at radius 1 is 1.24 bits per heavy atom. The first kappa shape index (κ1) is 23.9. The van der Waals surface area contributed by atoms with Gasteiger partial charge >= 0.3 is 5.97 Å². The molecule has 0 saturated carbocycles. The van der Waals surface area contributed by atoms with E-state index in [0.29, 0.717) is 16.3 Å². The SMILES string of the molecule is CCOC(=O)c1c(-c2ccc(Cl)cc2)csc1NC(=O)/C(C#N)=C/c1cc(OC)ccc1O. The van der Waals surface area contributed by atoms with Crippen molar-refractivity contribution in [2.24, 2.45) is 0 Å². The van der Waals surface area contributed by atoms with Gasteiger partial charge in [0.15, 0.2) is 0 Å². The van der Waals surface area contributed by atoms with Crippen LogP contribution < -0.4 is 10.1 Å². The van der Waals surface area contributed by atoms with Crippen LogP contribution in [0.1, 0.15) is 22.8 Å². The average molecular weight is 483 g/mol. The maximum Gasteiger partial charge on any atom is 0.341 e. The minimum absolute atomic E-state index is 0.121. The van der Waals surface area contributed by atoms with Crippen molar-refractivity contribution >= 4 is 45.9 Å². The van der Waals surface area contributed by atoms with E-state index >= 15 is 0 Å². The van der Waals surface area contributed by atoms with Crippen LogP contribution >= 0.6 is 22.9 Å². The number of rotatable bonds is 7. The number of anilines is 1. The number of amides is 1. The largest absolute Gasteiger partial charge is 0.507 e. The molecule has 2 N–H and O–H groups in total. The van der Waals surface area contributed by atoms with Crippen molar-refractivity contribution in [1.82, 2.24) is 0 Å². The molecule has 9 heteroatoms. The molecule has 0 atom stereocenters. The molecule has 0 aliphatic carbocycles. The summed E-state index contributed by atoms with van der Waals surface area (Å²) in [7, 11) is 1.46. The third-order valence-electron chi connectivity index (χ3n) is 4.55. The molecule has 0 radical (unpaired) electrons. The molecule has 0 fully saturated rings. The van der Waals surface area contributed by atoms with Gasteiger partial charge in [-0.25, -0.2) is 4.79 Å². The van der Waals surface area contributed by atoms with Crippen molar-refractivity contribution in [3.8, 4) is 28.7 Å². The Labute approximate surface area is 199 Å². The summed E-state index contributed by atoms with van der Waals surface area (Å²) in [6, 6.07) is 13.2. The van der Waals surface area contributed by atoms with E-state index in [2.05, 4.69) is 5.32 Å². The molecule has 0 bridgehead atoms. The lowest BCUT2D eigenvalue weighted by Gasteiger charge is -2.09. The summed E-state index contributed by atoms with van der Waals surface area (Å²) in [6.45, 7) is 1.84. The zero-order chi connectivity index (χ0) is 24.0. The molecule has 0 unspecified atom stereocenters. The Morgan fingerprint density at radius 3 is 2.61 bits per heavy atom. The predicted octanol–water partition coefficient (Wildman–Crippen LogP) is 5.51. The van der Waals surface area contributed by atoms with Crippen LogP contribution in [0.4, 0.5) is 5.00 Å². The molecule has 7 nitrogen and oxygen atoms in total. The number of ether oxygens (including phenoxy) is 2. The van der Waals surface area contributed by atoms with Crippen LogP contribution in [-0.2, 0) is 9.53 Å². The number of nitrogens with zero attached hydrogens (tertiary/aromatic N) is 1. The summed E-state index contributed by atoms with van der Waals surface area (Å²) < 4.78 is 10.3. The molecule has 0 aliphatic heterocycles. The van der Waals surface area contributed by atoms with Crippen LogP contribution in [0.15, 0.2) is 53.4 Å². The van der Waals surface area contributed by atoms with E-state index in [1.807, 2.05) is 6.07 Å². The molecular weight excluding hydrogens is 464 g/mol. The van der Waals surface area contributed by atoms with Crippen LogP contribution in [0.5, 0.6) is 11.5 Å². The first-order valence-electron chi connectivity index (χ1n) is 9.72. The molecule has 3 rings (SSSR count). The maximum atomic E-state index is 12.9. The van der Waals surface area contributed by atoms with Crippen molar-refractivity contribution in [3.63, 3.8) is 0 Å². The number of hydrogen-bond donors (Lipinski definition) is 2. The summed E-state index contributed by atoms with van der Waals surface area (Å²) in [4.78, 5) is 25.6. The summed E-state index contributed by atoms with van der Waals surface area (Å²) >= 11 is 7.09. The van der Waals surface area contributed by atoms with Crippen LogP contribution in [0.25, 0.3) is 17.2 Å². The standard InChI is InChI=1S/C24H19ClN2O5S/c1-3-32-24(30)21-19(14-4-6-17(25)7-5-14)13-33-23(21)27-22(29)16(12-26)10-15-11-18(31-2)8-9-20(15)28/h4-11,13,28H,3H2,1-2H3,(H,27,29)/b16-10+. The van der Waals surface area contributed by atoms with Crippen LogP contribution in [0.2, 0.25) is 5.02 Å². The Bertz CT molecular complexity index is 1260. The molecule has 1 heterocycles.